The minimum atomic E-state index is -0.294. The fourth-order valence-corrected chi connectivity index (χ4v) is 4.81. The topological polar surface area (TPSA) is 38.8 Å². The van der Waals surface area contributed by atoms with Crippen molar-refractivity contribution in [3.8, 4) is 11.5 Å². The van der Waals surface area contributed by atoms with E-state index >= 15 is 0 Å². The molecule has 0 atom stereocenters. The van der Waals surface area contributed by atoms with Gasteiger partial charge in [-0.05, 0) is 42.5 Å². The molecule has 0 aliphatic carbocycles. The first-order valence-corrected chi connectivity index (χ1v) is 10.2. The van der Waals surface area contributed by atoms with Crippen LogP contribution in [-0.4, -0.2) is 37.1 Å². The van der Waals surface area contributed by atoms with Gasteiger partial charge < -0.3 is 14.4 Å². The minimum Gasteiger partial charge on any atom is -0.493 e. The predicted octanol–water partition coefficient (Wildman–Crippen LogP) is 3.64. The number of carbonyl (C=O) groups is 1. The number of likely N-dealkylation sites (tertiary alicyclic amines) is 1. The van der Waals surface area contributed by atoms with E-state index in [1.54, 1.807) is 6.07 Å². The number of carbonyl (C=O) groups excluding carboxylic acids is 1. The van der Waals surface area contributed by atoms with Crippen molar-refractivity contribution in [1.82, 2.24) is 4.90 Å². The van der Waals surface area contributed by atoms with Crippen molar-refractivity contribution in [3.63, 3.8) is 0 Å². The molecule has 0 aromatic heterocycles. The van der Waals surface area contributed by atoms with Gasteiger partial charge in [-0.3, -0.25) is 4.79 Å². The zero-order chi connectivity index (χ0) is 19.1. The van der Waals surface area contributed by atoms with Crippen LogP contribution >= 0.6 is 0 Å². The number of hydrogen-bond acceptors (Lipinski definition) is 3. The van der Waals surface area contributed by atoms with Gasteiger partial charge in [0.1, 0.15) is 17.3 Å². The lowest BCUT2D eigenvalue weighted by atomic mass is 9.83. The average Bonchev–Trinajstić information content (AvgIpc) is 3.35. The molecule has 0 unspecified atom stereocenters. The van der Waals surface area contributed by atoms with Gasteiger partial charge in [0.25, 0.3) is 0 Å². The summed E-state index contributed by atoms with van der Waals surface area (Å²) in [5, 5.41) is 0. The van der Waals surface area contributed by atoms with E-state index in [9.17, 15) is 9.18 Å². The quantitative estimate of drug-likeness (QED) is 0.815. The molecule has 2 aromatic carbocycles. The molecule has 0 bridgehead atoms. The number of rotatable bonds is 3. The van der Waals surface area contributed by atoms with Gasteiger partial charge in [0.15, 0.2) is 0 Å². The number of halogens is 1. The standard InChI is InChI=1S/C23H24FNO3/c24-18-3-1-2-15(12-18)13-21(26)25-8-4-16(5-9-25)22-19-7-11-27-20(19)14-17-6-10-28-23(17)22/h1-3,12,14,16H,4-11,13H2. The van der Waals surface area contributed by atoms with Crippen LogP contribution < -0.4 is 9.47 Å². The maximum absolute atomic E-state index is 13.4. The van der Waals surface area contributed by atoms with Gasteiger partial charge in [0, 0.05) is 42.6 Å². The van der Waals surface area contributed by atoms with Gasteiger partial charge in [-0.25, -0.2) is 4.39 Å². The summed E-state index contributed by atoms with van der Waals surface area (Å²) in [5.41, 5.74) is 4.64. The second-order valence-electron chi connectivity index (χ2n) is 7.91. The van der Waals surface area contributed by atoms with Crippen LogP contribution in [0.1, 0.15) is 41.0 Å². The molecule has 3 aliphatic heterocycles. The number of piperidine rings is 1. The van der Waals surface area contributed by atoms with Crippen LogP contribution in [0.25, 0.3) is 0 Å². The summed E-state index contributed by atoms with van der Waals surface area (Å²) in [6.07, 6.45) is 4.02. The molecule has 1 amide bonds. The number of fused-ring (bicyclic) bond motifs is 2. The Labute approximate surface area is 164 Å². The van der Waals surface area contributed by atoms with Crippen LogP contribution in [-0.2, 0) is 24.1 Å². The number of ether oxygens (including phenoxy) is 2. The van der Waals surface area contributed by atoms with E-state index in [0.717, 1.165) is 69.0 Å². The normalized spacial score (nSPS) is 18.4. The summed E-state index contributed by atoms with van der Waals surface area (Å²) in [6, 6.07) is 8.47. The van der Waals surface area contributed by atoms with Crippen molar-refractivity contribution in [3.05, 3.63) is 58.4 Å². The second-order valence-corrected chi connectivity index (χ2v) is 7.91. The maximum Gasteiger partial charge on any atom is 0.226 e. The molecule has 3 heterocycles. The molecule has 3 aliphatic rings. The van der Waals surface area contributed by atoms with Crippen LogP contribution in [0.5, 0.6) is 11.5 Å². The predicted molar refractivity (Wildman–Crippen MR) is 103 cm³/mol. The molecule has 4 nitrogen and oxygen atoms in total. The molecule has 28 heavy (non-hydrogen) atoms. The van der Waals surface area contributed by atoms with Crippen molar-refractivity contribution in [2.45, 2.75) is 38.0 Å². The number of benzene rings is 2. The van der Waals surface area contributed by atoms with Crippen molar-refractivity contribution >= 4 is 5.91 Å². The molecule has 0 N–H and O–H groups in total. The van der Waals surface area contributed by atoms with Gasteiger partial charge in [-0.1, -0.05) is 12.1 Å². The average molecular weight is 381 g/mol. The first kappa shape index (κ1) is 17.5. The Morgan fingerprint density at radius 3 is 2.75 bits per heavy atom. The van der Waals surface area contributed by atoms with Crippen molar-refractivity contribution in [2.75, 3.05) is 26.3 Å². The summed E-state index contributed by atoms with van der Waals surface area (Å²) < 4.78 is 25.2. The van der Waals surface area contributed by atoms with E-state index in [0.29, 0.717) is 5.92 Å². The molecule has 5 rings (SSSR count). The van der Waals surface area contributed by atoms with E-state index in [1.165, 1.54) is 28.8 Å². The Kier molecular flexibility index (Phi) is 4.46. The zero-order valence-electron chi connectivity index (χ0n) is 15.9. The van der Waals surface area contributed by atoms with Gasteiger partial charge in [-0.2, -0.15) is 0 Å². The fourth-order valence-electron chi connectivity index (χ4n) is 4.81. The summed E-state index contributed by atoms with van der Waals surface area (Å²) in [4.78, 5) is 14.6. The summed E-state index contributed by atoms with van der Waals surface area (Å²) in [6.45, 7) is 2.96. The molecule has 0 spiro atoms. The van der Waals surface area contributed by atoms with E-state index in [2.05, 4.69) is 6.07 Å². The van der Waals surface area contributed by atoms with Gasteiger partial charge >= 0.3 is 0 Å². The lowest BCUT2D eigenvalue weighted by Crippen LogP contribution is -2.39. The largest absolute Gasteiger partial charge is 0.493 e. The number of amides is 1. The highest BCUT2D eigenvalue weighted by molar-refractivity contribution is 5.79. The lowest BCUT2D eigenvalue weighted by Gasteiger charge is -2.33. The van der Waals surface area contributed by atoms with Crippen LogP contribution in [0.4, 0.5) is 4.39 Å². The van der Waals surface area contributed by atoms with Gasteiger partial charge in [0.2, 0.25) is 5.91 Å². The van der Waals surface area contributed by atoms with E-state index in [1.807, 2.05) is 11.0 Å². The Bertz CT molecular complexity index is 886. The second kappa shape index (κ2) is 7.12. The number of nitrogens with zero attached hydrogens (tertiary/aromatic N) is 1. The summed E-state index contributed by atoms with van der Waals surface area (Å²) >= 11 is 0. The Hall–Kier alpha value is -2.56. The summed E-state index contributed by atoms with van der Waals surface area (Å²) in [7, 11) is 0. The van der Waals surface area contributed by atoms with Crippen LogP contribution in [0.15, 0.2) is 30.3 Å². The molecule has 5 heteroatoms. The van der Waals surface area contributed by atoms with Crippen molar-refractivity contribution < 1.29 is 18.7 Å². The number of hydrogen-bond donors (Lipinski definition) is 0. The molecule has 2 aromatic rings. The lowest BCUT2D eigenvalue weighted by molar-refractivity contribution is -0.131. The van der Waals surface area contributed by atoms with Crippen molar-refractivity contribution in [1.29, 1.82) is 0 Å². The first-order chi connectivity index (χ1) is 13.7. The highest BCUT2D eigenvalue weighted by atomic mass is 19.1. The Morgan fingerprint density at radius 2 is 1.93 bits per heavy atom. The first-order valence-electron chi connectivity index (χ1n) is 10.2. The van der Waals surface area contributed by atoms with Crippen LogP contribution in [0.2, 0.25) is 0 Å². The van der Waals surface area contributed by atoms with E-state index < -0.39 is 0 Å². The summed E-state index contributed by atoms with van der Waals surface area (Å²) in [5.74, 6) is 2.30. The van der Waals surface area contributed by atoms with Crippen LogP contribution in [0, 0.1) is 5.82 Å². The molecular weight excluding hydrogens is 357 g/mol. The molecule has 146 valence electrons. The van der Waals surface area contributed by atoms with Crippen molar-refractivity contribution in [2.24, 2.45) is 0 Å². The van der Waals surface area contributed by atoms with Crippen LogP contribution in [0.3, 0.4) is 0 Å². The zero-order valence-corrected chi connectivity index (χ0v) is 15.9. The van der Waals surface area contributed by atoms with Gasteiger partial charge in [-0.15, -0.1) is 0 Å². The smallest absolute Gasteiger partial charge is 0.226 e. The molecule has 1 saturated heterocycles. The Morgan fingerprint density at radius 1 is 1.11 bits per heavy atom. The third kappa shape index (κ3) is 3.13. The fraction of sp³-hybridized carbons (Fsp3) is 0.435. The highest BCUT2D eigenvalue weighted by Crippen LogP contribution is 2.46. The monoisotopic (exact) mass is 381 g/mol. The molecule has 1 fully saturated rings. The SMILES string of the molecule is O=C(Cc1cccc(F)c1)N1CCC(c2c3c(cc4c2OCC4)OCC3)CC1. The molecule has 0 saturated carbocycles. The minimum absolute atomic E-state index is 0.0761. The maximum atomic E-state index is 13.4. The van der Waals surface area contributed by atoms with E-state index in [4.69, 9.17) is 9.47 Å². The highest BCUT2D eigenvalue weighted by Gasteiger charge is 2.33. The molecular formula is C23H24FNO3. The van der Waals surface area contributed by atoms with Gasteiger partial charge in [0.05, 0.1) is 19.6 Å². The van der Waals surface area contributed by atoms with E-state index in [-0.39, 0.29) is 18.1 Å². The Balaban J connectivity index is 1.30. The molecule has 0 radical (unpaired) electrons. The third-order valence-corrected chi connectivity index (χ3v) is 6.19. The third-order valence-electron chi connectivity index (χ3n) is 6.19.